The van der Waals surface area contributed by atoms with Gasteiger partial charge in [0.05, 0.1) is 0 Å². The third kappa shape index (κ3) is 4.22. The molecule has 1 aliphatic heterocycles. The summed E-state index contributed by atoms with van der Waals surface area (Å²) in [6.07, 6.45) is 4.83. The molecule has 1 aromatic rings. The second-order valence-electron chi connectivity index (χ2n) is 8.17. The van der Waals surface area contributed by atoms with Crippen LogP contribution in [0.4, 0.5) is 10.5 Å². The Labute approximate surface area is 145 Å². The minimum atomic E-state index is -0.437. The van der Waals surface area contributed by atoms with Gasteiger partial charge in [-0.05, 0) is 63.5 Å². The van der Waals surface area contributed by atoms with E-state index in [4.69, 9.17) is 4.74 Å². The Kier molecular flexibility index (Phi) is 5.02. The summed E-state index contributed by atoms with van der Waals surface area (Å²) in [4.78, 5) is 14.3. The normalized spacial score (nSPS) is 21.5. The van der Waals surface area contributed by atoms with Crippen molar-refractivity contribution < 1.29 is 9.53 Å². The first-order valence-electron chi connectivity index (χ1n) is 9.23. The fourth-order valence-corrected chi connectivity index (χ4v) is 3.60. The molecule has 1 saturated carbocycles. The van der Waals surface area contributed by atoms with Gasteiger partial charge in [-0.3, -0.25) is 0 Å². The van der Waals surface area contributed by atoms with Crippen LogP contribution in [-0.2, 0) is 4.74 Å². The lowest BCUT2D eigenvalue weighted by Crippen LogP contribution is -2.36. The summed E-state index contributed by atoms with van der Waals surface area (Å²) in [5.74, 6) is 1.24. The number of rotatable bonds is 4. The van der Waals surface area contributed by atoms with E-state index >= 15 is 0 Å². The number of amides is 1. The Morgan fingerprint density at radius 1 is 1.25 bits per heavy atom. The predicted octanol–water partition coefficient (Wildman–Crippen LogP) is 4.31. The molecule has 3 rings (SSSR count). The van der Waals surface area contributed by atoms with E-state index in [2.05, 4.69) is 34.5 Å². The topological polar surface area (TPSA) is 41.6 Å². The van der Waals surface area contributed by atoms with Gasteiger partial charge in [-0.1, -0.05) is 24.6 Å². The van der Waals surface area contributed by atoms with E-state index in [-0.39, 0.29) is 6.09 Å². The Balaban J connectivity index is 1.53. The molecule has 0 aromatic heterocycles. The molecule has 0 radical (unpaired) electrons. The summed E-state index contributed by atoms with van der Waals surface area (Å²) < 4.78 is 5.32. The maximum absolute atomic E-state index is 11.8. The zero-order chi connectivity index (χ0) is 17.2. The zero-order valence-electron chi connectivity index (χ0n) is 15.2. The molecule has 1 aliphatic carbocycles. The second kappa shape index (κ2) is 7.04. The lowest BCUT2D eigenvalue weighted by molar-refractivity contribution is 0.0520. The molecule has 1 heterocycles. The Morgan fingerprint density at radius 3 is 2.67 bits per heavy atom. The summed E-state index contributed by atoms with van der Waals surface area (Å²) in [5, 5.41) is 2.93. The predicted molar refractivity (Wildman–Crippen MR) is 97.6 cm³/mol. The molecular weight excluding hydrogens is 300 g/mol. The fraction of sp³-hybridized carbons (Fsp3) is 0.650. The lowest BCUT2D eigenvalue weighted by atomic mass is 9.79. The van der Waals surface area contributed by atoms with Crippen LogP contribution in [0, 0.1) is 5.92 Å². The molecule has 4 heteroatoms. The van der Waals surface area contributed by atoms with Crippen molar-refractivity contribution in [3.8, 4) is 0 Å². The van der Waals surface area contributed by atoms with Gasteiger partial charge in [0.15, 0.2) is 0 Å². The van der Waals surface area contributed by atoms with Gasteiger partial charge in [0.25, 0.3) is 0 Å². The van der Waals surface area contributed by atoms with Crippen LogP contribution in [-0.4, -0.2) is 31.3 Å². The van der Waals surface area contributed by atoms with Gasteiger partial charge in [-0.2, -0.15) is 0 Å². The van der Waals surface area contributed by atoms with Gasteiger partial charge in [0, 0.05) is 25.3 Å². The molecule has 1 amide bonds. The average Bonchev–Trinajstić information content (AvgIpc) is 2.91. The molecule has 1 saturated heterocycles. The third-order valence-corrected chi connectivity index (χ3v) is 5.04. The van der Waals surface area contributed by atoms with Crippen LogP contribution in [0.15, 0.2) is 24.3 Å². The smallest absolute Gasteiger partial charge is 0.407 e. The van der Waals surface area contributed by atoms with Crippen LogP contribution in [0.5, 0.6) is 0 Å². The summed E-state index contributed by atoms with van der Waals surface area (Å²) in [5.41, 5.74) is 2.49. The fourth-order valence-electron chi connectivity index (χ4n) is 3.60. The van der Waals surface area contributed by atoms with E-state index in [0.29, 0.717) is 12.5 Å². The number of hydrogen-bond donors (Lipinski definition) is 1. The van der Waals surface area contributed by atoms with Gasteiger partial charge in [0.1, 0.15) is 5.60 Å². The number of carbonyl (C=O) groups is 1. The van der Waals surface area contributed by atoms with Crippen LogP contribution in [0.3, 0.4) is 0 Å². The van der Waals surface area contributed by atoms with Gasteiger partial charge in [0.2, 0.25) is 0 Å². The molecular formula is C20H30N2O2. The van der Waals surface area contributed by atoms with Crippen molar-refractivity contribution in [3.05, 3.63) is 29.8 Å². The number of nitrogens with zero attached hydrogens (tertiary/aromatic N) is 1. The minimum absolute atomic E-state index is 0.309. The van der Waals surface area contributed by atoms with E-state index in [1.807, 2.05) is 20.8 Å². The molecule has 1 N–H and O–H groups in total. The molecule has 0 bridgehead atoms. The quantitative estimate of drug-likeness (QED) is 0.894. The number of benzene rings is 1. The number of anilines is 1. The van der Waals surface area contributed by atoms with E-state index in [9.17, 15) is 4.79 Å². The summed E-state index contributed by atoms with van der Waals surface area (Å²) in [7, 11) is 0. The van der Waals surface area contributed by atoms with Gasteiger partial charge < -0.3 is 15.0 Å². The average molecular weight is 330 g/mol. The first-order valence-corrected chi connectivity index (χ1v) is 9.23. The van der Waals surface area contributed by atoms with Crippen LogP contribution in [0.1, 0.15) is 57.9 Å². The van der Waals surface area contributed by atoms with E-state index in [0.717, 1.165) is 25.4 Å². The molecule has 0 spiro atoms. The van der Waals surface area contributed by atoms with Crippen molar-refractivity contribution >= 4 is 11.8 Å². The van der Waals surface area contributed by atoms with Crippen molar-refractivity contribution in [1.82, 2.24) is 5.32 Å². The summed E-state index contributed by atoms with van der Waals surface area (Å²) in [6.45, 7) is 8.45. The highest BCUT2D eigenvalue weighted by Gasteiger charge is 2.28. The maximum Gasteiger partial charge on any atom is 0.407 e. The zero-order valence-corrected chi connectivity index (χ0v) is 15.2. The Hall–Kier alpha value is -1.71. The molecule has 1 aromatic carbocycles. The Bertz CT molecular complexity index is 575. The van der Waals surface area contributed by atoms with Crippen LogP contribution in [0.2, 0.25) is 0 Å². The molecule has 2 aliphatic rings. The van der Waals surface area contributed by atoms with Crippen molar-refractivity contribution in [1.29, 1.82) is 0 Å². The van der Waals surface area contributed by atoms with Crippen LogP contribution in [0.25, 0.3) is 0 Å². The molecule has 132 valence electrons. The first kappa shape index (κ1) is 17.1. The van der Waals surface area contributed by atoms with Crippen molar-refractivity contribution in [3.63, 3.8) is 0 Å². The van der Waals surface area contributed by atoms with Crippen molar-refractivity contribution in [2.45, 2.75) is 58.0 Å². The number of ether oxygens (including phenoxy) is 1. The lowest BCUT2D eigenvalue weighted by Gasteiger charge is -2.31. The van der Waals surface area contributed by atoms with Crippen LogP contribution >= 0.6 is 0 Å². The number of carbonyl (C=O) groups excluding carboxylic acids is 1. The number of para-hydroxylation sites is 1. The van der Waals surface area contributed by atoms with E-state index in [1.54, 1.807) is 0 Å². The minimum Gasteiger partial charge on any atom is -0.444 e. The molecule has 1 atom stereocenters. The number of nitrogens with one attached hydrogen (secondary N) is 1. The molecule has 0 unspecified atom stereocenters. The number of alkyl carbamates (subject to hydrolysis) is 1. The maximum atomic E-state index is 11.8. The highest BCUT2D eigenvalue weighted by atomic mass is 16.6. The second-order valence-corrected chi connectivity index (χ2v) is 8.17. The van der Waals surface area contributed by atoms with Crippen LogP contribution < -0.4 is 10.2 Å². The largest absolute Gasteiger partial charge is 0.444 e. The van der Waals surface area contributed by atoms with Gasteiger partial charge in [-0.15, -0.1) is 0 Å². The number of hydrogen-bond acceptors (Lipinski definition) is 3. The van der Waals surface area contributed by atoms with Crippen molar-refractivity contribution in [2.24, 2.45) is 5.92 Å². The standard InChI is InChI=1S/C20H30N2O2/c1-20(2,3)24-19(23)21-13-15-11-12-22(14-15)18-10-5-4-9-17(18)16-7-6-8-16/h4-5,9-10,15-16H,6-8,11-14H2,1-3H3,(H,21,23)/t15-/m1/s1. The van der Waals surface area contributed by atoms with E-state index < -0.39 is 5.60 Å². The van der Waals surface area contributed by atoms with Gasteiger partial charge in [-0.25, -0.2) is 4.79 Å². The highest BCUT2D eigenvalue weighted by Crippen LogP contribution is 2.41. The molecule has 24 heavy (non-hydrogen) atoms. The van der Waals surface area contributed by atoms with Gasteiger partial charge >= 0.3 is 6.09 Å². The first-order chi connectivity index (χ1) is 11.4. The molecule has 4 nitrogen and oxygen atoms in total. The molecule has 2 fully saturated rings. The Morgan fingerprint density at radius 2 is 2.00 bits per heavy atom. The SMILES string of the molecule is CC(C)(C)OC(=O)NC[C@H]1CCN(c2ccccc2C2CCC2)C1. The van der Waals surface area contributed by atoms with Crippen molar-refractivity contribution in [2.75, 3.05) is 24.5 Å². The summed E-state index contributed by atoms with van der Waals surface area (Å²) in [6, 6.07) is 8.86. The summed E-state index contributed by atoms with van der Waals surface area (Å²) >= 11 is 0. The third-order valence-electron chi connectivity index (χ3n) is 5.04. The van der Waals surface area contributed by atoms with E-state index in [1.165, 1.54) is 30.5 Å². The monoisotopic (exact) mass is 330 g/mol. The highest BCUT2D eigenvalue weighted by molar-refractivity contribution is 5.67.